The number of allylic oxidation sites excluding steroid dienone is 1. The third-order valence-electron chi connectivity index (χ3n) is 6.05. The summed E-state index contributed by atoms with van der Waals surface area (Å²) in [5.41, 5.74) is 8.22. The lowest BCUT2D eigenvalue weighted by Crippen LogP contribution is -2.24. The highest BCUT2D eigenvalue weighted by atomic mass is 32.2. The Balaban J connectivity index is 1.69. The van der Waals surface area contributed by atoms with Crippen molar-refractivity contribution in [3.8, 4) is 5.75 Å². The highest BCUT2D eigenvalue weighted by Crippen LogP contribution is 2.34. The van der Waals surface area contributed by atoms with Crippen molar-refractivity contribution in [3.63, 3.8) is 0 Å². The molecule has 1 unspecified atom stereocenters. The molecule has 7 nitrogen and oxygen atoms in total. The lowest BCUT2D eigenvalue weighted by Gasteiger charge is -2.21. The Kier molecular flexibility index (Phi) is 5.70. The van der Waals surface area contributed by atoms with E-state index in [2.05, 4.69) is 0 Å². The molecule has 1 atom stereocenters. The van der Waals surface area contributed by atoms with E-state index >= 15 is 0 Å². The average molecular weight is 488 g/mol. The van der Waals surface area contributed by atoms with Gasteiger partial charge in [0.05, 0.1) is 4.90 Å². The third kappa shape index (κ3) is 4.11. The molecule has 0 aliphatic heterocycles. The molecule has 0 spiro atoms. The summed E-state index contributed by atoms with van der Waals surface area (Å²) in [6.07, 6.45) is 7.53. The Morgan fingerprint density at radius 1 is 1.03 bits per heavy atom. The molecule has 2 aromatic carbocycles. The van der Waals surface area contributed by atoms with E-state index in [1.54, 1.807) is 43.6 Å². The van der Waals surface area contributed by atoms with Crippen molar-refractivity contribution < 1.29 is 13.2 Å². The number of aryl methyl sites for hydroxylation is 2. The molecule has 0 radical (unpaired) electrons. The van der Waals surface area contributed by atoms with Crippen molar-refractivity contribution in [2.75, 3.05) is 0 Å². The van der Waals surface area contributed by atoms with Crippen LogP contribution in [0.15, 0.2) is 101 Å². The lowest BCUT2D eigenvalue weighted by molar-refractivity contribution is 0.443. The van der Waals surface area contributed by atoms with Crippen molar-refractivity contribution in [2.45, 2.75) is 24.3 Å². The molecule has 35 heavy (non-hydrogen) atoms. The quantitative estimate of drug-likeness (QED) is 0.460. The van der Waals surface area contributed by atoms with Gasteiger partial charge in [0.25, 0.3) is 15.6 Å². The van der Waals surface area contributed by atoms with E-state index in [1.165, 1.54) is 10.8 Å². The second kappa shape index (κ2) is 8.72. The molecule has 1 aliphatic carbocycles. The molecular formula is C27H25N3O4S. The Hall–Kier alpha value is -3.88. The van der Waals surface area contributed by atoms with Gasteiger partial charge >= 0.3 is 0 Å². The van der Waals surface area contributed by atoms with Crippen LogP contribution < -0.4 is 16.0 Å². The van der Waals surface area contributed by atoms with Crippen LogP contribution in [-0.2, 0) is 17.1 Å². The summed E-state index contributed by atoms with van der Waals surface area (Å²) >= 11 is 0. The summed E-state index contributed by atoms with van der Waals surface area (Å²) in [5.74, 6) is 1.27. The van der Waals surface area contributed by atoms with Gasteiger partial charge in [-0.1, -0.05) is 42.0 Å². The molecule has 1 aliphatic rings. The number of nitrogens with two attached hydrogens (primary N) is 1. The van der Waals surface area contributed by atoms with Gasteiger partial charge in [-0.15, -0.1) is 0 Å². The van der Waals surface area contributed by atoms with Crippen LogP contribution >= 0.6 is 0 Å². The van der Waals surface area contributed by atoms with Gasteiger partial charge in [-0.25, -0.2) is 12.4 Å². The molecule has 0 saturated heterocycles. The van der Waals surface area contributed by atoms with Crippen molar-refractivity contribution >= 4 is 26.5 Å². The minimum atomic E-state index is -3.99. The monoisotopic (exact) mass is 487 g/mol. The van der Waals surface area contributed by atoms with Crippen LogP contribution in [-0.4, -0.2) is 23.0 Å². The largest absolute Gasteiger partial charge is 0.457 e. The summed E-state index contributed by atoms with van der Waals surface area (Å²) in [4.78, 5) is 13.3. The van der Waals surface area contributed by atoms with E-state index in [4.69, 9.17) is 10.5 Å². The van der Waals surface area contributed by atoms with Crippen LogP contribution in [0.1, 0.15) is 17.5 Å². The molecule has 0 bridgehead atoms. The molecule has 2 heterocycles. The smallest absolute Gasteiger partial charge is 0.275 e. The minimum absolute atomic E-state index is 0.0738. The zero-order valence-electron chi connectivity index (χ0n) is 19.4. The highest BCUT2D eigenvalue weighted by Gasteiger charge is 2.26. The van der Waals surface area contributed by atoms with Crippen LogP contribution in [0, 0.1) is 6.92 Å². The van der Waals surface area contributed by atoms with Crippen molar-refractivity contribution in [3.05, 3.63) is 112 Å². The number of fused-ring (bicyclic) bond motifs is 1. The lowest BCUT2D eigenvalue weighted by atomic mass is 9.94. The first-order valence-electron chi connectivity index (χ1n) is 11.2. The topological polar surface area (TPSA) is 96.3 Å². The molecular weight excluding hydrogens is 462 g/mol. The molecule has 8 heteroatoms. The average Bonchev–Trinajstić information content (AvgIpc) is 3.30. The number of pyridine rings is 1. The van der Waals surface area contributed by atoms with Gasteiger partial charge in [0.1, 0.15) is 17.0 Å². The van der Waals surface area contributed by atoms with Gasteiger partial charge in [-0.2, -0.15) is 0 Å². The van der Waals surface area contributed by atoms with Gasteiger partial charge in [-0.05, 0) is 49.8 Å². The van der Waals surface area contributed by atoms with Crippen molar-refractivity contribution in [1.82, 2.24) is 8.54 Å². The van der Waals surface area contributed by atoms with Crippen molar-refractivity contribution in [1.29, 1.82) is 0 Å². The summed E-state index contributed by atoms with van der Waals surface area (Å²) in [5, 5.41) is 0.506. The number of benzene rings is 2. The molecule has 2 N–H and O–H groups in total. The van der Waals surface area contributed by atoms with E-state index < -0.39 is 15.6 Å². The van der Waals surface area contributed by atoms with Gasteiger partial charge in [0.15, 0.2) is 0 Å². The van der Waals surface area contributed by atoms with Gasteiger partial charge in [0.2, 0.25) is 0 Å². The fourth-order valence-electron chi connectivity index (χ4n) is 4.22. The first kappa shape index (κ1) is 22.9. The van der Waals surface area contributed by atoms with Crippen LogP contribution in [0.3, 0.4) is 0 Å². The Labute approximate surface area is 203 Å². The van der Waals surface area contributed by atoms with Crippen LogP contribution in [0.4, 0.5) is 0 Å². The number of para-hydroxylation sites is 1. The standard InChI is InChI=1S/C27H25N3O4S/c1-18-8-11-21(12-9-18)35(32,33)30-15-14-22-24(17-29(2)27(31)26(22)30)23-16-19(28)10-13-25(23)34-20-6-4-3-5-7-20/h3-9,11-17,19H,10,28H2,1-2H3. The molecule has 0 fully saturated rings. The first-order valence-corrected chi connectivity index (χ1v) is 12.6. The molecule has 5 rings (SSSR count). The fraction of sp³-hybridized carbons (Fsp3) is 0.148. The number of ether oxygens (including phenoxy) is 1. The Morgan fingerprint density at radius 2 is 1.74 bits per heavy atom. The zero-order valence-corrected chi connectivity index (χ0v) is 20.2. The van der Waals surface area contributed by atoms with Gasteiger partial charge in [-0.3, -0.25) is 4.79 Å². The molecule has 2 aromatic heterocycles. The Bertz CT molecular complexity index is 1640. The van der Waals surface area contributed by atoms with Crippen LogP contribution in [0.2, 0.25) is 0 Å². The van der Waals surface area contributed by atoms with E-state index in [9.17, 15) is 13.2 Å². The van der Waals surface area contributed by atoms with Crippen LogP contribution in [0.5, 0.6) is 5.75 Å². The SMILES string of the molecule is Cc1ccc(S(=O)(=O)n2ccc3c(C4=CC(N)CC=C4Oc4ccccc4)cn(C)c(=O)c32)cc1. The van der Waals surface area contributed by atoms with E-state index in [1.807, 2.05) is 49.4 Å². The second-order valence-electron chi connectivity index (χ2n) is 8.61. The minimum Gasteiger partial charge on any atom is -0.457 e. The third-order valence-corrected chi connectivity index (χ3v) is 7.74. The number of hydrogen-bond acceptors (Lipinski definition) is 5. The van der Waals surface area contributed by atoms with Gasteiger partial charge < -0.3 is 15.0 Å². The highest BCUT2D eigenvalue weighted by molar-refractivity contribution is 7.90. The second-order valence-corrected chi connectivity index (χ2v) is 10.4. The normalized spacial score (nSPS) is 16.1. The summed E-state index contributed by atoms with van der Waals surface area (Å²) < 4.78 is 35.6. The summed E-state index contributed by atoms with van der Waals surface area (Å²) in [6.45, 7) is 1.88. The van der Waals surface area contributed by atoms with E-state index in [0.717, 1.165) is 9.54 Å². The van der Waals surface area contributed by atoms with E-state index in [-0.39, 0.29) is 16.5 Å². The maximum atomic E-state index is 13.5. The van der Waals surface area contributed by atoms with Crippen LogP contribution in [0.25, 0.3) is 16.5 Å². The number of hydrogen-bond donors (Lipinski definition) is 1. The summed E-state index contributed by atoms with van der Waals surface area (Å²) in [6, 6.07) is 17.3. The molecule has 178 valence electrons. The predicted octanol–water partition coefficient (Wildman–Crippen LogP) is 3.96. The molecule has 0 saturated carbocycles. The summed E-state index contributed by atoms with van der Waals surface area (Å²) in [7, 11) is -2.38. The fourth-order valence-corrected chi connectivity index (χ4v) is 5.57. The zero-order chi connectivity index (χ0) is 24.7. The number of aromatic nitrogens is 2. The number of nitrogens with zero attached hydrogens (tertiary/aromatic N) is 2. The van der Waals surface area contributed by atoms with E-state index in [0.29, 0.717) is 34.5 Å². The maximum absolute atomic E-state index is 13.5. The Morgan fingerprint density at radius 3 is 2.46 bits per heavy atom. The maximum Gasteiger partial charge on any atom is 0.275 e. The van der Waals surface area contributed by atoms with Gasteiger partial charge in [0, 0.05) is 42.0 Å². The first-order chi connectivity index (χ1) is 16.8. The molecule has 4 aromatic rings. The van der Waals surface area contributed by atoms with Crippen molar-refractivity contribution in [2.24, 2.45) is 12.8 Å². The number of rotatable bonds is 5. The molecule has 0 amide bonds. The predicted molar refractivity (Wildman–Crippen MR) is 137 cm³/mol.